The highest BCUT2D eigenvalue weighted by atomic mass is 16.3. The molecule has 5 nitrogen and oxygen atoms in total. The van der Waals surface area contributed by atoms with E-state index in [-0.39, 0.29) is 12.1 Å². The fourth-order valence-corrected chi connectivity index (χ4v) is 2.94. The smallest absolute Gasteiger partial charge is 0.137 e. The van der Waals surface area contributed by atoms with Gasteiger partial charge in [-0.1, -0.05) is 0 Å². The number of aromatic nitrogens is 3. The van der Waals surface area contributed by atoms with Gasteiger partial charge in [0.2, 0.25) is 0 Å². The Hall–Kier alpha value is -0.940. The lowest BCUT2D eigenvalue weighted by Gasteiger charge is -2.40. The summed E-state index contributed by atoms with van der Waals surface area (Å²) < 4.78 is 1.94. The topological polar surface area (TPSA) is 63.0 Å². The van der Waals surface area contributed by atoms with Crippen molar-refractivity contribution in [3.8, 4) is 0 Å². The van der Waals surface area contributed by atoms with Gasteiger partial charge in [0.1, 0.15) is 12.7 Å². The van der Waals surface area contributed by atoms with Crippen LogP contribution in [0, 0.1) is 0 Å². The first-order valence-electron chi connectivity index (χ1n) is 6.54. The van der Waals surface area contributed by atoms with Crippen LogP contribution in [0.2, 0.25) is 0 Å². The fraction of sp³-hybridized carbons (Fsp3) is 0.833. The lowest BCUT2D eigenvalue weighted by Crippen LogP contribution is -2.52. The number of aliphatic hydroxyl groups excluding tert-OH is 1. The molecule has 17 heavy (non-hydrogen) atoms. The van der Waals surface area contributed by atoms with E-state index in [0.717, 1.165) is 25.7 Å². The van der Waals surface area contributed by atoms with E-state index < -0.39 is 0 Å². The summed E-state index contributed by atoms with van der Waals surface area (Å²) >= 11 is 0. The van der Waals surface area contributed by atoms with Gasteiger partial charge in [-0.15, -0.1) is 0 Å². The second-order valence-electron chi connectivity index (χ2n) is 5.48. The Balaban J connectivity index is 1.72. The maximum Gasteiger partial charge on any atom is 0.137 e. The molecule has 1 aromatic heterocycles. The van der Waals surface area contributed by atoms with Gasteiger partial charge in [0.05, 0.1) is 12.6 Å². The van der Waals surface area contributed by atoms with Crippen molar-refractivity contribution < 1.29 is 5.11 Å². The molecule has 0 saturated heterocycles. The Bertz CT molecular complexity index is 363. The molecule has 2 fully saturated rings. The van der Waals surface area contributed by atoms with E-state index in [1.807, 2.05) is 4.68 Å². The van der Waals surface area contributed by atoms with Crippen molar-refractivity contribution in [1.29, 1.82) is 0 Å². The van der Waals surface area contributed by atoms with Gasteiger partial charge in [-0.2, -0.15) is 5.10 Å². The summed E-state index contributed by atoms with van der Waals surface area (Å²) in [6, 6.07) is 1.02. The minimum atomic E-state index is -0.0873. The summed E-state index contributed by atoms with van der Waals surface area (Å²) in [4.78, 5) is 4.01. The van der Waals surface area contributed by atoms with Crippen molar-refractivity contribution in [1.82, 2.24) is 20.1 Å². The second kappa shape index (κ2) is 4.38. The second-order valence-corrected chi connectivity index (χ2v) is 5.48. The van der Waals surface area contributed by atoms with E-state index >= 15 is 0 Å². The molecular weight excluding hydrogens is 216 g/mol. The lowest BCUT2D eigenvalue weighted by molar-refractivity contribution is 0.0927. The SMILES string of the molecule is OCC1(NC2CC2)CCCC(n2cncn2)C1. The normalized spacial score (nSPS) is 33.8. The van der Waals surface area contributed by atoms with E-state index in [2.05, 4.69) is 15.4 Å². The summed E-state index contributed by atoms with van der Waals surface area (Å²) in [6.45, 7) is 0.231. The molecule has 0 bridgehead atoms. The third-order valence-corrected chi connectivity index (χ3v) is 4.02. The summed E-state index contributed by atoms with van der Waals surface area (Å²) in [5.74, 6) is 0. The summed E-state index contributed by atoms with van der Waals surface area (Å²) in [6.07, 6.45) is 10.2. The maximum absolute atomic E-state index is 9.73. The standard InChI is InChI=1S/C12H20N4O/c17-7-12(15-10-3-4-10)5-1-2-11(6-12)16-9-13-8-14-16/h8-11,15,17H,1-7H2. The Labute approximate surface area is 101 Å². The largest absolute Gasteiger partial charge is 0.394 e. The van der Waals surface area contributed by atoms with Crippen LogP contribution in [0.5, 0.6) is 0 Å². The van der Waals surface area contributed by atoms with Gasteiger partial charge in [0.15, 0.2) is 0 Å². The molecule has 94 valence electrons. The average Bonchev–Trinajstić information content (AvgIpc) is 2.99. The van der Waals surface area contributed by atoms with Gasteiger partial charge >= 0.3 is 0 Å². The minimum absolute atomic E-state index is 0.0873. The zero-order chi connectivity index (χ0) is 11.7. The Kier molecular flexibility index (Phi) is 2.88. The molecule has 0 amide bonds. The van der Waals surface area contributed by atoms with Crippen LogP contribution in [-0.2, 0) is 0 Å². The Morgan fingerprint density at radius 2 is 2.29 bits per heavy atom. The number of aliphatic hydroxyl groups is 1. The van der Waals surface area contributed by atoms with Crippen molar-refractivity contribution in [2.45, 2.75) is 56.1 Å². The fourth-order valence-electron chi connectivity index (χ4n) is 2.94. The van der Waals surface area contributed by atoms with Crippen LogP contribution in [0.1, 0.15) is 44.6 Å². The van der Waals surface area contributed by atoms with Gasteiger partial charge in [-0.25, -0.2) is 9.67 Å². The first kappa shape index (κ1) is 11.2. The van der Waals surface area contributed by atoms with Crippen LogP contribution >= 0.6 is 0 Å². The highest BCUT2D eigenvalue weighted by molar-refractivity contribution is 4.99. The van der Waals surface area contributed by atoms with Crippen LogP contribution in [0.3, 0.4) is 0 Å². The van der Waals surface area contributed by atoms with Gasteiger partial charge < -0.3 is 10.4 Å². The van der Waals surface area contributed by atoms with Crippen molar-refractivity contribution >= 4 is 0 Å². The zero-order valence-electron chi connectivity index (χ0n) is 10.0. The molecule has 2 aliphatic carbocycles. The maximum atomic E-state index is 9.73. The number of nitrogens with zero attached hydrogens (tertiary/aromatic N) is 3. The third kappa shape index (κ3) is 2.35. The van der Waals surface area contributed by atoms with Crippen LogP contribution in [-0.4, -0.2) is 38.1 Å². The molecule has 1 heterocycles. The van der Waals surface area contributed by atoms with Crippen molar-refractivity contribution in [3.05, 3.63) is 12.7 Å². The van der Waals surface area contributed by atoms with Gasteiger partial charge in [-0.3, -0.25) is 0 Å². The van der Waals surface area contributed by atoms with E-state index in [9.17, 15) is 5.11 Å². The highest BCUT2D eigenvalue weighted by Crippen LogP contribution is 2.37. The number of hydrogen-bond donors (Lipinski definition) is 2. The minimum Gasteiger partial charge on any atom is -0.394 e. The molecule has 0 radical (unpaired) electrons. The van der Waals surface area contributed by atoms with Crippen molar-refractivity contribution in [2.24, 2.45) is 0 Å². The monoisotopic (exact) mass is 236 g/mol. The van der Waals surface area contributed by atoms with Crippen LogP contribution in [0.15, 0.2) is 12.7 Å². The molecule has 2 unspecified atom stereocenters. The molecule has 0 spiro atoms. The molecule has 2 aliphatic rings. The van der Waals surface area contributed by atoms with E-state index in [4.69, 9.17) is 0 Å². The lowest BCUT2D eigenvalue weighted by atomic mass is 9.79. The van der Waals surface area contributed by atoms with Crippen LogP contribution < -0.4 is 5.32 Å². The summed E-state index contributed by atoms with van der Waals surface area (Å²) in [5, 5.41) is 17.6. The predicted octanol–water partition coefficient (Wildman–Crippen LogP) is 0.876. The molecule has 2 atom stereocenters. The third-order valence-electron chi connectivity index (χ3n) is 4.02. The molecule has 3 rings (SSSR count). The van der Waals surface area contributed by atoms with Crippen LogP contribution in [0.25, 0.3) is 0 Å². The summed E-state index contributed by atoms with van der Waals surface area (Å²) in [5.41, 5.74) is -0.0873. The molecule has 0 aliphatic heterocycles. The van der Waals surface area contributed by atoms with Crippen molar-refractivity contribution in [3.63, 3.8) is 0 Å². The van der Waals surface area contributed by atoms with Gasteiger partial charge in [0.25, 0.3) is 0 Å². The van der Waals surface area contributed by atoms with Crippen molar-refractivity contribution in [2.75, 3.05) is 6.61 Å². The molecular formula is C12H20N4O. The average molecular weight is 236 g/mol. The van der Waals surface area contributed by atoms with Crippen LogP contribution in [0.4, 0.5) is 0 Å². The van der Waals surface area contributed by atoms with E-state index in [1.54, 1.807) is 12.7 Å². The first-order valence-corrected chi connectivity index (χ1v) is 6.54. The molecule has 5 heteroatoms. The van der Waals surface area contributed by atoms with E-state index in [0.29, 0.717) is 12.1 Å². The predicted molar refractivity (Wildman–Crippen MR) is 63.5 cm³/mol. The molecule has 2 N–H and O–H groups in total. The Morgan fingerprint density at radius 3 is 2.94 bits per heavy atom. The van der Waals surface area contributed by atoms with Gasteiger partial charge in [0, 0.05) is 11.6 Å². The quantitative estimate of drug-likeness (QED) is 0.814. The number of nitrogens with one attached hydrogen (secondary N) is 1. The molecule has 2 saturated carbocycles. The number of rotatable bonds is 4. The number of hydrogen-bond acceptors (Lipinski definition) is 4. The zero-order valence-corrected chi connectivity index (χ0v) is 10.0. The van der Waals surface area contributed by atoms with Gasteiger partial charge in [-0.05, 0) is 38.5 Å². The summed E-state index contributed by atoms with van der Waals surface area (Å²) in [7, 11) is 0. The molecule has 0 aromatic carbocycles. The highest BCUT2D eigenvalue weighted by Gasteiger charge is 2.40. The molecule has 1 aromatic rings. The van der Waals surface area contributed by atoms with E-state index in [1.165, 1.54) is 12.8 Å². The first-order chi connectivity index (χ1) is 8.31. The Morgan fingerprint density at radius 1 is 1.41 bits per heavy atom.